The largest absolute Gasteiger partial charge is 0.493 e. The molecule has 5 nitrogen and oxygen atoms in total. The Kier molecular flexibility index (Phi) is 5.63. The van der Waals surface area contributed by atoms with Crippen LogP contribution in [0.5, 0.6) is 5.75 Å². The number of nitrogens with zero attached hydrogens (tertiary/aromatic N) is 1. The molecule has 0 aliphatic carbocycles. The highest BCUT2D eigenvalue weighted by molar-refractivity contribution is 6.01. The van der Waals surface area contributed by atoms with Crippen LogP contribution in [-0.4, -0.2) is 42.2 Å². The maximum atomic E-state index is 12.4. The molecule has 0 aromatic heterocycles. The molecule has 1 aromatic rings. The van der Waals surface area contributed by atoms with E-state index >= 15 is 0 Å². The lowest BCUT2D eigenvalue weighted by Crippen LogP contribution is -2.30. The summed E-state index contributed by atoms with van der Waals surface area (Å²) in [6.45, 7) is 4.49. The second-order valence-corrected chi connectivity index (χ2v) is 4.52. The van der Waals surface area contributed by atoms with Gasteiger partial charge in [-0.2, -0.15) is 0 Å². The van der Waals surface area contributed by atoms with Crippen molar-refractivity contribution in [2.24, 2.45) is 0 Å². The fourth-order valence-electron chi connectivity index (χ4n) is 1.73. The Morgan fingerprint density at radius 3 is 2.79 bits per heavy atom. The van der Waals surface area contributed by atoms with Gasteiger partial charge < -0.3 is 20.5 Å². The third kappa shape index (κ3) is 4.13. The Labute approximate surface area is 114 Å². The van der Waals surface area contributed by atoms with E-state index < -0.39 is 6.10 Å². The molecule has 0 fully saturated rings. The van der Waals surface area contributed by atoms with Gasteiger partial charge in [0.2, 0.25) is 0 Å². The molecule has 1 amide bonds. The predicted octanol–water partition coefficient (Wildman–Crippen LogP) is 1.51. The molecule has 0 spiro atoms. The number of nitrogens with two attached hydrogens (primary N) is 1. The zero-order valence-corrected chi connectivity index (χ0v) is 11.7. The summed E-state index contributed by atoms with van der Waals surface area (Å²) >= 11 is 0. The Morgan fingerprint density at radius 1 is 1.53 bits per heavy atom. The summed E-state index contributed by atoms with van der Waals surface area (Å²) in [5, 5.41) is 9.26. The van der Waals surface area contributed by atoms with E-state index in [1.54, 1.807) is 37.1 Å². The molecule has 1 rings (SSSR count). The summed E-state index contributed by atoms with van der Waals surface area (Å²) in [6, 6.07) is 5.17. The predicted molar refractivity (Wildman–Crippen MR) is 75.3 cm³/mol. The Balaban J connectivity index is 2.91. The van der Waals surface area contributed by atoms with Gasteiger partial charge in [0.15, 0.2) is 0 Å². The van der Waals surface area contributed by atoms with Crippen molar-refractivity contribution in [2.45, 2.75) is 26.4 Å². The molecule has 0 heterocycles. The average Bonchev–Trinajstić information content (AvgIpc) is 2.36. The number of hydrogen-bond acceptors (Lipinski definition) is 4. The van der Waals surface area contributed by atoms with E-state index in [1.165, 1.54) is 0 Å². The van der Waals surface area contributed by atoms with Crippen LogP contribution in [0.1, 0.15) is 30.6 Å². The number of rotatable bonds is 6. The third-order valence-electron chi connectivity index (χ3n) is 2.80. The fourth-order valence-corrected chi connectivity index (χ4v) is 1.73. The van der Waals surface area contributed by atoms with E-state index in [1.807, 2.05) is 6.92 Å². The van der Waals surface area contributed by atoms with Gasteiger partial charge in [-0.3, -0.25) is 4.79 Å². The number of amides is 1. The lowest BCUT2D eigenvalue weighted by molar-refractivity contribution is 0.0766. The minimum atomic E-state index is -0.435. The van der Waals surface area contributed by atoms with E-state index in [0.29, 0.717) is 36.6 Å². The molecule has 0 aliphatic heterocycles. The Hall–Kier alpha value is -1.75. The standard InChI is InChI=1S/C14H22N2O3/c1-4-19-12-7-5-6-11(15)13(12)14(18)16(3)9-8-10(2)17/h5-7,10,17H,4,8-9,15H2,1-3H3. The number of ether oxygens (including phenoxy) is 1. The first-order valence-electron chi connectivity index (χ1n) is 6.42. The number of aliphatic hydroxyl groups excluding tert-OH is 1. The molecule has 3 N–H and O–H groups in total. The van der Waals surface area contributed by atoms with Crippen LogP contribution in [0.2, 0.25) is 0 Å². The smallest absolute Gasteiger partial charge is 0.259 e. The molecule has 1 unspecified atom stereocenters. The second kappa shape index (κ2) is 6.99. The van der Waals surface area contributed by atoms with Gasteiger partial charge in [0.05, 0.1) is 12.7 Å². The number of carbonyl (C=O) groups excluding carboxylic acids is 1. The highest BCUT2D eigenvalue weighted by Gasteiger charge is 2.19. The highest BCUT2D eigenvalue weighted by Crippen LogP contribution is 2.25. The van der Waals surface area contributed by atoms with E-state index in [9.17, 15) is 9.90 Å². The molecular formula is C14H22N2O3. The fraction of sp³-hybridized carbons (Fsp3) is 0.500. The summed E-state index contributed by atoms with van der Waals surface area (Å²) in [5.41, 5.74) is 6.66. The van der Waals surface area contributed by atoms with Crippen molar-refractivity contribution in [3.8, 4) is 5.75 Å². The van der Waals surface area contributed by atoms with Crippen molar-refractivity contribution in [3.63, 3.8) is 0 Å². The van der Waals surface area contributed by atoms with E-state index in [2.05, 4.69) is 0 Å². The highest BCUT2D eigenvalue weighted by atomic mass is 16.5. The van der Waals surface area contributed by atoms with Gasteiger partial charge in [0, 0.05) is 19.3 Å². The van der Waals surface area contributed by atoms with E-state index in [-0.39, 0.29) is 5.91 Å². The average molecular weight is 266 g/mol. The van der Waals surface area contributed by atoms with Crippen molar-refractivity contribution in [1.29, 1.82) is 0 Å². The third-order valence-corrected chi connectivity index (χ3v) is 2.80. The topological polar surface area (TPSA) is 75.8 Å². The number of carbonyl (C=O) groups is 1. The van der Waals surface area contributed by atoms with E-state index in [0.717, 1.165) is 0 Å². The maximum Gasteiger partial charge on any atom is 0.259 e. The minimum Gasteiger partial charge on any atom is -0.493 e. The summed E-state index contributed by atoms with van der Waals surface area (Å²) < 4.78 is 5.44. The van der Waals surface area contributed by atoms with Gasteiger partial charge in [0.25, 0.3) is 5.91 Å². The number of anilines is 1. The van der Waals surface area contributed by atoms with Crippen LogP contribution < -0.4 is 10.5 Å². The Morgan fingerprint density at radius 2 is 2.21 bits per heavy atom. The SMILES string of the molecule is CCOc1cccc(N)c1C(=O)N(C)CCC(C)O. The molecule has 0 saturated heterocycles. The minimum absolute atomic E-state index is 0.192. The lowest BCUT2D eigenvalue weighted by Gasteiger charge is -2.20. The molecule has 0 saturated carbocycles. The maximum absolute atomic E-state index is 12.4. The van der Waals surface area contributed by atoms with Crippen LogP contribution in [0.15, 0.2) is 18.2 Å². The zero-order valence-electron chi connectivity index (χ0n) is 11.7. The number of aliphatic hydroxyl groups is 1. The van der Waals surface area contributed by atoms with Crippen LogP contribution in [0.3, 0.4) is 0 Å². The van der Waals surface area contributed by atoms with Crippen molar-refractivity contribution < 1.29 is 14.6 Å². The molecule has 19 heavy (non-hydrogen) atoms. The molecular weight excluding hydrogens is 244 g/mol. The zero-order chi connectivity index (χ0) is 14.4. The van der Waals surface area contributed by atoms with Gasteiger partial charge in [-0.05, 0) is 32.4 Å². The van der Waals surface area contributed by atoms with Crippen LogP contribution in [0.25, 0.3) is 0 Å². The summed E-state index contributed by atoms with van der Waals surface area (Å²) in [7, 11) is 1.69. The number of hydrogen-bond donors (Lipinski definition) is 2. The molecule has 0 bridgehead atoms. The summed E-state index contributed by atoms with van der Waals surface area (Å²) in [4.78, 5) is 13.9. The van der Waals surface area contributed by atoms with Gasteiger partial charge in [-0.15, -0.1) is 0 Å². The van der Waals surface area contributed by atoms with E-state index in [4.69, 9.17) is 10.5 Å². The normalized spacial score (nSPS) is 12.0. The van der Waals surface area contributed by atoms with Crippen molar-refractivity contribution in [3.05, 3.63) is 23.8 Å². The number of benzene rings is 1. The van der Waals surface area contributed by atoms with Crippen LogP contribution in [0.4, 0.5) is 5.69 Å². The lowest BCUT2D eigenvalue weighted by atomic mass is 10.1. The van der Waals surface area contributed by atoms with Crippen LogP contribution >= 0.6 is 0 Å². The molecule has 1 aromatic carbocycles. The molecule has 1 atom stereocenters. The van der Waals surface area contributed by atoms with Crippen molar-refractivity contribution in [2.75, 3.05) is 25.9 Å². The summed E-state index contributed by atoms with van der Waals surface area (Å²) in [6.07, 6.45) is 0.0913. The molecule has 0 radical (unpaired) electrons. The molecule has 5 heteroatoms. The summed E-state index contributed by atoms with van der Waals surface area (Å²) in [5.74, 6) is 0.304. The second-order valence-electron chi connectivity index (χ2n) is 4.52. The first-order chi connectivity index (χ1) is 8.97. The van der Waals surface area contributed by atoms with Gasteiger partial charge in [-0.25, -0.2) is 0 Å². The van der Waals surface area contributed by atoms with Gasteiger partial charge in [0.1, 0.15) is 11.3 Å². The Bertz CT molecular complexity index is 433. The van der Waals surface area contributed by atoms with Gasteiger partial charge in [-0.1, -0.05) is 6.07 Å². The first kappa shape index (κ1) is 15.3. The quantitative estimate of drug-likeness (QED) is 0.765. The number of nitrogen functional groups attached to an aromatic ring is 1. The van der Waals surface area contributed by atoms with Crippen molar-refractivity contribution >= 4 is 11.6 Å². The molecule has 106 valence electrons. The van der Waals surface area contributed by atoms with Crippen molar-refractivity contribution in [1.82, 2.24) is 4.90 Å². The van der Waals surface area contributed by atoms with Gasteiger partial charge >= 0.3 is 0 Å². The monoisotopic (exact) mass is 266 g/mol. The molecule has 0 aliphatic rings. The van der Waals surface area contributed by atoms with Crippen LogP contribution in [0, 0.1) is 0 Å². The van der Waals surface area contributed by atoms with Crippen LogP contribution in [-0.2, 0) is 0 Å². The first-order valence-corrected chi connectivity index (χ1v) is 6.42.